The van der Waals surface area contributed by atoms with Crippen LogP contribution in [-0.2, 0) is 21.3 Å². The van der Waals surface area contributed by atoms with Crippen LogP contribution in [0.4, 0.5) is 0 Å². The van der Waals surface area contributed by atoms with Gasteiger partial charge < -0.3 is 10.1 Å². The molecule has 0 aromatic carbocycles. The van der Waals surface area contributed by atoms with Crippen molar-refractivity contribution in [1.29, 1.82) is 0 Å². The molecule has 21 heavy (non-hydrogen) atoms. The van der Waals surface area contributed by atoms with Crippen LogP contribution in [0, 0.1) is 0 Å². The van der Waals surface area contributed by atoms with Crippen molar-refractivity contribution in [2.45, 2.75) is 44.7 Å². The number of ether oxygens (including phenoxy) is 1. The molecule has 5 nitrogen and oxygen atoms in total. The van der Waals surface area contributed by atoms with Crippen LogP contribution in [0.15, 0.2) is 16.3 Å². The minimum Gasteiger partial charge on any atom is -0.383 e. The summed E-state index contributed by atoms with van der Waals surface area (Å²) < 4.78 is 31.9. The van der Waals surface area contributed by atoms with Crippen molar-refractivity contribution in [1.82, 2.24) is 9.62 Å². The van der Waals surface area contributed by atoms with Crippen LogP contribution in [-0.4, -0.2) is 45.6 Å². The van der Waals surface area contributed by atoms with E-state index in [1.54, 1.807) is 18.6 Å². The number of thiophene rings is 1. The molecule has 0 aliphatic heterocycles. The Morgan fingerprint density at radius 3 is 2.71 bits per heavy atom. The number of sulfonamides is 1. The summed E-state index contributed by atoms with van der Waals surface area (Å²) in [6.07, 6.45) is 1.06. The van der Waals surface area contributed by atoms with Crippen LogP contribution in [0.5, 0.6) is 0 Å². The molecule has 0 aliphatic carbocycles. The lowest BCUT2D eigenvalue weighted by Gasteiger charge is -2.26. The first-order valence-corrected chi connectivity index (χ1v) is 9.58. The van der Waals surface area contributed by atoms with E-state index < -0.39 is 10.0 Å². The van der Waals surface area contributed by atoms with E-state index in [1.165, 1.54) is 15.6 Å². The topological polar surface area (TPSA) is 58.6 Å². The number of nitrogens with one attached hydrogen (secondary N) is 1. The number of nitrogens with zero attached hydrogens (tertiary/aromatic N) is 1. The molecule has 1 aromatic rings. The van der Waals surface area contributed by atoms with Crippen LogP contribution in [0.1, 0.15) is 32.1 Å². The molecule has 1 rings (SSSR count). The van der Waals surface area contributed by atoms with Crippen molar-refractivity contribution >= 4 is 21.4 Å². The van der Waals surface area contributed by atoms with Gasteiger partial charge in [-0.05, 0) is 26.0 Å². The largest absolute Gasteiger partial charge is 0.383 e. The number of rotatable bonds is 10. The third kappa shape index (κ3) is 5.03. The van der Waals surface area contributed by atoms with Crippen molar-refractivity contribution < 1.29 is 13.2 Å². The number of hydrogen-bond donors (Lipinski definition) is 1. The average molecular weight is 335 g/mol. The highest BCUT2D eigenvalue weighted by Crippen LogP contribution is 2.24. The first-order chi connectivity index (χ1) is 9.97. The maximum atomic E-state index is 12.7. The van der Waals surface area contributed by atoms with Gasteiger partial charge in [-0.1, -0.05) is 13.8 Å². The van der Waals surface area contributed by atoms with Gasteiger partial charge in [0.1, 0.15) is 0 Å². The SMILES string of the molecule is CCCNCc1cc(S(=O)(=O)N(CC)C(C)COC)cs1. The van der Waals surface area contributed by atoms with Crippen LogP contribution in [0.2, 0.25) is 0 Å². The third-order valence-corrected chi connectivity index (χ3v) is 6.33. The Kier molecular flexibility index (Phi) is 7.83. The molecule has 1 atom stereocenters. The Morgan fingerprint density at radius 2 is 2.14 bits per heavy atom. The number of methoxy groups -OCH3 is 1. The standard InChI is InChI=1S/C14H26N2O3S2/c1-5-7-15-9-13-8-14(11-20-13)21(17,18)16(6-2)12(3)10-19-4/h8,11-12,15H,5-7,9-10H2,1-4H3. The zero-order chi connectivity index (χ0) is 15.9. The van der Waals surface area contributed by atoms with Gasteiger partial charge in [0.25, 0.3) is 0 Å². The molecule has 1 heterocycles. The third-order valence-electron chi connectivity index (χ3n) is 3.17. The van der Waals surface area contributed by atoms with Crippen molar-refractivity contribution in [3.63, 3.8) is 0 Å². The Balaban J connectivity index is 2.85. The van der Waals surface area contributed by atoms with E-state index in [2.05, 4.69) is 12.2 Å². The van der Waals surface area contributed by atoms with Gasteiger partial charge in [0.15, 0.2) is 0 Å². The van der Waals surface area contributed by atoms with Crippen molar-refractivity contribution in [3.05, 3.63) is 16.3 Å². The minimum atomic E-state index is -3.45. The van der Waals surface area contributed by atoms with Crippen molar-refractivity contribution in [2.75, 3.05) is 26.8 Å². The second kappa shape index (κ2) is 8.85. The quantitative estimate of drug-likeness (QED) is 0.667. The van der Waals surface area contributed by atoms with Crippen LogP contribution in [0.3, 0.4) is 0 Å². The zero-order valence-corrected chi connectivity index (χ0v) is 14.9. The molecule has 0 spiro atoms. The smallest absolute Gasteiger partial charge is 0.244 e. The Hall–Kier alpha value is -0.470. The zero-order valence-electron chi connectivity index (χ0n) is 13.3. The summed E-state index contributed by atoms with van der Waals surface area (Å²) in [6.45, 7) is 8.29. The van der Waals surface area contributed by atoms with Crippen LogP contribution >= 0.6 is 11.3 Å². The van der Waals surface area contributed by atoms with E-state index in [9.17, 15) is 8.42 Å². The second-order valence-corrected chi connectivity index (χ2v) is 7.82. The number of likely N-dealkylation sites (N-methyl/N-ethyl adjacent to an activating group) is 1. The second-order valence-electron chi connectivity index (χ2n) is 4.94. The fourth-order valence-corrected chi connectivity index (χ4v) is 5.01. The molecule has 1 aromatic heterocycles. The lowest BCUT2D eigenvalue weighted by atomic mass is 10.4. The molecule has 0 fully saturated rings. The monoisotopic (exact) mass is 334 g/mol. The Morgan fingerprint density at radius 1 is 1.43 bits per heavy atom. The lowest BCUT2D eigenvalue weighted by molar-refractivity contribution is 0.142. The van der Waals surface area contributed by atoms with Crippen LogP contribution < -0.4 is 5.32 Å². The summed E-state index contributed by atoms with van der Waals surface area (Å²) in [7, 11) is -1.86. The van der Waals surface area contributed by atoms with E-state index in [0.29, 0.717) is 24.6 Å². The van der Waals surface area contributed by atoms with E-state index >= 15 is 0 Å². The molecule has 0 bridgehead atoms. The van der Waals surface area contributed by atoms with E-state index in [1.807, 2.05) is 13.8 Å². The molecule has 0 amide bonds. The van der Waals surface area contributed by atoms with Gasteiger partial charge in [-0.3, -0.25) is 0 Å². The summed E-state index contributed by atoms with van der Waals surface area (Å²) in [5.74, 6) is 0. The molecule has 0 radical (unpaired) electrons. The van der Waals surface area contributed by atoms with E-state index in [0.717, 1.165) is 17.8 Å². The highest BCUT2D eigenvalue weighted by atomic mass is 32.2. The van der Waals surface area contributed by atoms with Crippen molar-refractivity contribution in [2.24, 2.45) is 0 Å². The maximum Gasteiger partial charge on any atom is 0.244 e. The predicted octanol–water partition coefficient (Wildman–Crippen LogP) is 2.29. The van der Waals surface area contributed by atoms with Gasteiger partial charge in [-0.25, -0.2) is 8.42 Å². The van der Waals surface area contributed by atoms with E-state index in [4.69, 9.17) is 4.74 Å². The first-order valence-electron chi connectivity index (χ1n) is 7.26. The van der Waals surface area contributed by atoms with Crippen LogP contribution in [0.25, 0.3) is 0 Å². The van der Waals surface area contributed by atoms with Gasteiger partial charge in [-0.2, -0.15) is 4.31 Å². The van der Waals surface area contributed by atoms with Gasteiger partial charge in [0.05, 0.1) is 11.5 Å². The molecule has 0 aliphatic rings. The summed E-state index contributed by atoms with van der Waals surface area (Å²) in [4.78, 5) is 1.42. The first kappa shape index (κ1) is 18.6. The van der Waals surface area contributed by atoms with E-state index in [-0.39, 0.29) is 6.04 Å². The van der Waals surface area contributed by atoms with Gasteiger partial charge in [0.2, 0.25) is 10.0 Å². The van der Waals surface area contributed by atoms with Gasteiger partial charge in [-0.15, -0.1) is 11.3 Å². The summed E-state index contributed by atoms with van der Waals surface area (Å²) in [5.41, 5.74) is 0. The highest BCUT2D eigenvalue weighted by Gasteiger charge is 2.28. The normalized spacial score (nSPS) is 13.8. The fraction of sp³-hybridized carbons (Fsp3) is 0.714. The Bertz CT molecular complexity index is 514. The summed E-state index contributed by atoms with van der Waals surface area (Å²) in [5, 5.41) is 5.01. The highest BCUT2D eigenvalue weighted by molar-refractivity contribution is 7.89. The molecule has 122 valence electrons. The maximum absolute atomic E-state index is 12.7. The molecule has 0 saturated carbocycles. The van der Waals surface area contributed by atoms with Gasteiger partial charge >= 0.3 is 0 Å². The molecule has 7 heteroatoms. The molecular weight excluding hydrogens is 308 g/mol. The average Bonchev–Trinajstić information content (AvgIpc) is 2.89. The predicted molar refractivity (Wildman–Crippen MR) is 87.2 cm³/mol. The minimum absolute atomic E-state index is 0.174. The van der Waals surface area contributed by atoms with Gasteiger partial charge in [0, 0.05) is 36.5 Å². The molecular formula is C14H26N2O3S2. The summed E-state index contributed by atoms with van der Waals surface area (Å²) in [6, 6.07) is 1.59. The Labute approximate surface area is 132 Å². The lowest BCUT2D eigenvalue weighted by Crippen LogP contribution is -2.40. The fourth-order valence-electron chi connectivity index (χ4n) is 2.16. The molecule has 0 saturated heterocycles. The molecule has 1 unspecified atom stereocenters. The summed E-state index contributed by atoms with van der Waals surface area (Å²) >= 11 is 1.48. The molecule has 1 N–H and O–H groups in total. The van der Waals surface area contributed by atoms with Crippen molar-refractivity contribution in [3.8, 4) is 0 Å². The number of hydrogen-bond acceptors (Lipinski definition) is 5.